The van der Waals surface area contributed by atoms with Crippen LogP contribution in [-0.2, 0) is 16.0 Å². The first-order valence-electron chi connectivity index (χ1n) is 9.36. The Bertz CT molecular complexity index is 949. The maximum atomic E-state index is 11.5. The average Bonchev–Trinajstić information content (AvgIpc) is 2.69. The summed E-state index contributed by atoms with van der Waals surface area (Å²) in [6.45, 7) is 2.03. The largest absolute Gasteiger partial charge is 1.00 e. The first-order valence-corrected chi connectivity index (χ1v) is 10.1. The molecular weight excluding hydrogens is 527 g/mol. The molecule has 4 rings (SSSR count). The van der Waals surface area contributed by atoms with Gasteiger partial charge in [-0.3, -0.25) is 9.69 Å². The van der Waals surface area contributed by atoms with Gasteiger partial charge in [-0.05, 0) is 36.3 Å². The number of carbonyl (C=O) groups is 2. The van der Waals surface area contributed by atoms with E-state index in [1.165, 1.54) is 7.11 Å². The normalized spacial score (nSPS) is 16.8. The van der Waals surface area contributed by atoms with Crippen molar-refractivity contribution in [3.8, 4) is 17.2 Å². The first kappa shape index (κ1) is 31.6. The number of nitrogens with zero attached hydrogens (tertiary/aromatic N) is 1. The summed E-state index contributed by atoms with van der Waals surface area (Å²) in [5.41, 5.74) is 1.12. The van der Waals surface area contributed by atoms with Gasteiger partial charge in [0, 0.05) is 25.2 Å². The molecule has 0 saturated carbocycles. The summed E-state index contributed by atoms with van der Waals surface area (Å²) in [5, 5.41) is 17.6. The van der Waals surface area contributed by atoms with Crippen LogP contribution in [0.1, 0.15) is 5.56 Å². The second-order valence-electron chi connectivity index (χ2n) is 7.02. The van der Waals surface area contributed by atoms with E-state index in [0.717, 1.165) is 30.8 Å². The Morgan fingerprint density at radius 3 is 2.27 bits per heavy atom. The summed E-state index contributed by atoms with van der Waals surface area (Å²) in [7, 11) is 1.43. The average molecular weight is 546 g/mol. The number of hydrogen-bond acceptors (Lipinski definition) is 8. The second kappa shape index (κ2) is 15.0. The fourth-order valence-electron chi connectivity index (χ4n) is 3.46. The molecule has 12 heteroatoms. The number of esters is 1. The minimum absolute atomic E-state index is 0. The van der Waals surface area contributed by atoms with Crippen LogP contribution in [-0.4, -0.2) is 49.9 Å². The number of methoxy groups -OCH3 is 1. The molecule has 166 valence electrons. The summed E-state index contributed by atoms with van der Waals surface area (Å²) in [6.07, 6.45) is -1.46. The van der Waals surface area contributed by atoms with Gasteiger partial charge in [0.15, 0.2) is 5.75 Å². The molecule has 2 aromatic rings. The predicted octanol–water partition coefficient (Wildman–Crippen LogP) is -4.24. The molecule has 2 aliphatic heterocycles. The van der Waals surface area contributed by atoms with Crippen LogP contribution in [0.25, 0.3) is 0 Å². The number of carbonyl (C=O) groups excluding carboxylic acids is 2. The molecule has 0 radical (unpaired) electrons. The number of para-hydroxylation sites is 1. The molecule has 33 heavy (non-hydrogen) atoms. The van der Waals surface area contributed by atoms with Crippen molar-refractivity contribution in [2.24, 2.45) is 5.92 Å². The Morgan fingerprint density at radius 1 is 1.09 bits per heavy atom. The molecule has 0 bridgehead atoms. The van der Waals surface area contributed by atoms with Crippen LogP contribution >= 0.6 is 23.2 Å². The van der Waals surface area contributed by atoms with Crippen molar-refractivity contribution in [2.45, 2.75) is 12.5 Å². The fourth-order valence-corrected chi connectivity index (χ4v) is 3.93. The van der Waals surface area contributed by atoms with E-state index < -0.39 is 6.16 Å². The van der Waals surface area contributed by atoms with Gasteiger partial charge in [-0.2, -0.15) is 0 Å². The Morgan fingerprint density at radius 2 is 1.70 bits per heavy atom. The molecule has 1 atom stereocenters. The molecule has 8 nitrogen and oxygen atoms in total. The number of carboxylic acid groups (broad SMARTS) is 2. The molecule has 0 spiro atoms. The number of fused-ring (bicyclic) bond motifs is 1. The van der Waals surface area contributed by atoms with E-state index in [9.17, 15) is 4.79 Å². The van der Waals surface area contributed by atoms with E-state index in [2.05, 4.69) is 4.90 Å². The molecule has 0 aromatic heterocycles. The van der Waals surface area contributed by atoms with Gasteiger partial charge in [0.05, 0.1) is 23.1 Å². The molecule has 0 N–H and O–H groups in total. The number of ether oxygens (including phenoxy) is 3. The van der Waals surface area contributed by atoms with Crippen molar-refractivity contribution >= 4 is 35.3 Å². The van der Waals surface area contributed by atoms with Crippen LogP contribution in [0.2, 0.25) is 10.0 Å². The molecule has 1 unspecified atom stereocenters. The number of likely N-dealkylation sites (tertiary alicyclic amines) is 1. The van der Waals surface area contributed by atoms with E-state index in [1.54, 1.807) is 18.2 Å². The van der Waals surface area contributed by atoms with Crippen LogP contribution in [0.5, 0.6) is 17.2 Å². The maximum Gasteiger partial charge on any atom is 1.00 e. The fraction of sp³-hybridized carbons (Fsp3) is 0.333. The number of halogens is 2. The quantitative estimate of drug-likeness (QED) is 0.280. The van der Waals surface area contributed by atoms with Gasteiger partial charge in [0.2, 0.25) is 0 Å². The number of hydrogen-bond donors (Lipinski definition) is 0. The van der Waals surface area contributed by atoms with Gasteiger partial charge in [0.25, 0.3) is 0 Å². The predicted molar refractivity (Wildman–Crippen MR) is 108 cm³/mol. The number of rotatable bonds is 4. The van der Waals surface area contributed by atoms with Gasteiger partial charge in [-0.25, -0.2) is 0 Å². The zero-order valence-corrected chi connectivity index (χ0v) is 26.3. The third-order valence-corrected chi connectivity index (χ3v) is 5.62. The molecule has 1 fully saturated rings. The first-order chi connectivity index (χ1) is 14.8. The van der Waals surface area contributed by atoms with Crippen molar-refractivity contribution in [3.63, 3.8) is 0 Å². The molecule has 2 aromatic carbocycles. The van der Waals surface area contributed by atoms with Crippen LogP contribution in [0, 0.1) is 5.92 Å². The smallest absolute Gasteiger partial charge is 0.652 e. The van der Waals surface area contributed by atoms with Crippen molar-refractivity contribution in [2.75, 3.05) is 26.8 Å². The summed E-state index contributed by atoms with van der Waals surface area (Å²) >= 11 is 12.3. The molecular formula is C21H19Cl2K2NO7. The van der Waals surface area contributed by atoms with Crippen LogP contribution in [0.15, 0.2) is 36.4 Å². The Hall–Kier alpha value is 0.593. The van der Waals surface area contributed by atoms with E-state index in [-0.39, 0.29) is 121 Å². The molecule has 0 aliphatic carbocycles. The third kappa shape index (κ3) is 8.89. The Balaban J connectivity index is 0.000000842. The van der Waals surface area contributed by atoms with E-state index >= 15 is 0 Å². The van der Waals surface area contributed by atoms with Crippen LogP contribution in [0.4, 0.5) is 4.79 Å². The van der Waals surface area contributed by atoms with Gasteiger partial charge in [-0.1, -0.05) is 35.3 Å². The van der Waals surface area contributed by atoms with Crippen molar-refractivity contribution in [3.05, 3.63) is 52.0 Å². The minimum Gasteiger partial charge on any atom is -0.652 e. The SMILES string of the molecule is COC(=O)C1CN(C2COc3cc(Oc4c(Cl)cccc4Cl)ccc3C2)C1.O=C([O-])[O-].[K+].[K+]. The van der Waals surface area contributed by atoms with Crippen molar-refractivity contribution < 1.29 is 137 Å². The van der Waals surface area contributed by atoms with E-state index in [1.807, 2.05) is 18.2 Å². The van der Waals surface area contributed by atoms with Gasteiger partial charge >= 0.3 is 109 Å². The molecule has 2 aliphatic rings. The summed E-state index contributed by atoms with van der Waals surface area (Å²) in [6, 6.07) is 11.3. The van der Waals surface area contributed by atoms with Gasteiger partial charge < -0.3 is 29.2 Å². The monoisotopic (exact) mass is 545 g/mol. The van der Waals surface area contributed by atoms with E-state index in [4.69, 9.17) is 52.4 Å². The van der Waals surface area contributed by atoms with E-state index in [0.29, 0.717) is 28.2 Å². The topological polar surface area (TPSA) is 111 Å². The molecule has 1 saturated heterocycles. The summed E-state index contributed by atoms with van der Waals surface area (Å²) < 4.78 is 16.6. The van der Waals surface area contributed by atoms with Crippen LogP contribution < -0.4 is 122 Å². The van der Waals surface area contributed by atoms with Crippen molar-refractivity contribution in [1.29, 1.82) is 0 Å². The van der Waals surface area contributed by atoms with Gasteiger partial charge in [-0.15, -0.1) is 0 Å². The van der Waals surface area contributed by atoms with Crippen LogP contribution in [0.3, 0.4) is 0 Å². The maximum absolute atomic E-state index is 11.5. The molecule has 2 heterocycles. The standard InChI is InChI=1S/C20H19Cl2NO4.CH2O3.2K/c1-25-20(24)13-9-23(10-13)14-7-12-5-6-15(8-18(12)26-11-14)27-19-16(21)3-2-4-17(19)22;2-1(3)4;;/h2-6,8,13-14H,7,9-11H2,1H3;(H2,2,3,4);;/q;;2*+1/p-2. The summed E-state index contributed by atoms with van der Waals surface area (Å²) in [5.74, 6) is 1.70. The van der Waals surface area contributed by atoms with Gasteiger partial charge in [0.1, 0.15) is 18.1 Å². The zero-order valence-electron chi connectivity index (χ0n) is 18.5. The van der Waals surface area contributed by atoms with Crippen molar-refractivity contribution in [1.82, 2.24) is 4.90 Å². The second-order valence-corrected chi connectivity index (χ2v) is 7.83. The minimum atomic E-state index is -2.33. The number of benzene rings is 2. The molecule has 0 amide bonds. The zero-order chi connectivity index (χ0) is 22.5. The summed E-state index contributed by atoms with van der Waals surface area (Å²) in [4.78, 5) is 22.1. The third-order valence-electron chi connectivity index (χ3n) is 5.02. The Labute approximate surface area is 286 Å². The Kier molecular flexibility index (Phi) is 14.4.